The summed E-state index contributed by atoms with van der Waals surface area (Å²) in [4.78, 5) is 11.2. The lowest BCUT2D eigenvalue weighted by Crippen LogP contribution is -2.31. The van der Waals surface area contributed by atoms with Crippen LogP contribution in [-0.2, 0) is 4.79 Å². The number of aromatic hydroxyl groups is 1. The molecule has 17 heavy (non-hydrogen) atoms. The summed E-state index contributed by atoms with van der Waals surface area (Å²) in [5, 5.41) is 22.1. The Morgan fingerprint density at radius 3 is 2.65 bits per heavy atom. The second-order valence-electron chi connectivity index (χ2n) is 4.28. The second kappa shape index (κ2) is 5.89. The van der Waals surface area contributed by atoms with E-state index in [1.807, 2.05) is 13.8 Å². The lowest BCUT2D eigenvalue weighted by molar-refractivity contribution is -0.139. The molecule has 0 saturated carbocycles. The van der Waals surface area contributed by atoms with E-state index >= 15 is 0 Å². The fourth-order valence-corrected chi connectivity index (χ4v) is 1.62. The summed E-state index contributed by atoms with van der Waals surface area (Å²) < 4.78 is 0. The number of phenolic OH excluding ortho intramolecular Hbond substituents is 1. The van der Waals surface area contributed by atoms with Gasteiger partial charge in [0.1, 0.15) is 11.8 Å². The van der Waals surface area contributed by atoms with Gasteiger partial charge in [-0.05, 0) is 30.7 Å². The fraction of sp³-hybridized carbons (Fsp3) is 0.417. The summed E-state index contributed by atoms with van der Waals surface area (Å²) in [7, 11) is 0. The third kappa shape index (κ3) is 3.91. The van der Waals surface area contributed by atoms with Gasteiger partial charge in [0, 0.05) is 10.6 Å². The van der Waals surface area contributed by atoms with Crippen molar-refractivity contribution in [2.45, 2.75) is 19.9 Å². The van der Waals surface area contributed by atoms with E-state index in [-0.39, 0.29) is 11.3 Å². The zero-order valence-electron chi connectivity index (χ0n) is 9.77. The average molecular weight is 258 g/mol. The van der Waals surface area contributed by atoms with Gasteiger partial charge in [-0.2, -0.15) is 0 Å². The van der Waals surface area contributed by atoms with Gasteiger partial charge in [0.05, 0.1) is 0 Å². The van der Waals surface area contributed by atoms with Crippen molar-refractivity contribution in [3.05, 3.63) is 28.8 Å². The van der Waals surface area contributed by atoms with Crippen LogP contribution in [0.5, 0.6) is 5.75 Å². The minimum Gasteiger partial charge on any atom is -0.508 e. The standard InChI is InChI=1S/C12H16ClNO3/c1-7(2)6-14-11(12(16)17)9-5-8(13)3-4-10(9)15/h3-5,7,11,14-15H,6H2,1-2H3,(H,16,17). The summed E-state index contributed by atoms with van der Waals surface area (Å²) >= 11 is 5.80. The van der Waals surface area contributed by atoms with E-state index in [9.17, 15) is 9.90 Å². The Balaban J connectivity index is 2.97. The molecule has 0 aliphatic rings. The monoisotopic (exact) mass is 257 g/mol. The smallest absolute Gasteiger partial charge is 0.325 e. The van der Waals surface area contributed by atoms with Crippen LogP contribution in [0.1, 0.15) is 25.5 Å². The van der Waals surface area contributed by atoms with Gasteiger partial charge in [-0.3, -0.25) is 4.79 Å². The zero-order chi connectivity index (χ0) is 13.0. The summed E-state index contributed by atoms with van der Waals surface area (Å²) in [5.41, 5.74) is 0.283. The molecule has 0 amide bonds. The van der Waals surface area contributed by atoms with Crippen molar-refractivity contribution < 1.29 is 15.0 Å². The van der Waals surface area contributed by atoms with E-state index < -0.39 is 12.0 Å². The van der Waals surface area contributed by atoms with Crippen LogP contribution in [0.4, 0.5) is 0 Å². The number of carboxylic acid groups (broad SMARTS) is 1. The van der Waals surface area contributed by atoms with Crippen LogP contribution < -0.4 is 5.32 Å². The van der Waals surface area contributed by atoms with E-state index in [1.54, 1.807) is 0 Å². The molecule has 1 aromatic rings. The molecule has 0 radical (unpaired) electrons. The quantitative estimate of drug-likeness (QED) is 0.758. The lowest BCUT2D eigenvalue weighted by atomic mass is 10.0. The van der Waals surface area contributed by atoms with Gasteiger partial charge in [0.2, 0.25) is 0 Å². The molecule has 0 fully saturated rings. The minimum absolute atomic E-state index is 0.0712. The SMILES string of the molecule is CC(C)CNC(C(=O)O)c1cc(Cl)ccc1O. The Kier molecular flexibility index (Phi) is 4.78. The fourth-order valence-electron chi connectivity index (χ4n) is 1.44. The molecule has 4 nitrogen and oxygen atoms in total. The average Bonchev–Trinajstić information content (AvgIpc) is 2.22. The Bertz CT molecular complexity index is 407. The molecule has 5 heteroatoms. The molecule has 0 aromatic heterocycles. The number of aliphatic carboxylic acids is 1. The zero-order valence-corrected chi connectivity index (χ0v) is 10.5. The lowest BCUT2D eigenvalue weighted by Gasteiger charge is -2.17. The Morgan fingerprint density at radius 2 is 2.12 bits per heavy atom. The summed E-state index contributed by atoms with van der Waals surface area (Å²) in [6.07, 6.45) is 0. The van der Waals surface area contributed by atoms with Crippen LogP contribution >= 0.6 is 11.6 Å². The first-order valence-electron chi connectivity index (χ1n) is 5.36. The predicted molar refractivity (Wildman–Crippen MR) is 66.3 cm³/mol. The van der Waals surface area contributed by atoms with Gasteiger partial charge < -0.3 is 15.5 Å². The van der Waals surface area contributed by atoms with E-state index in [1.165, 1.54) is 18.2 Å². The van der Waals surface area contributed by atoms with Crippen molar-refractivity contribution in [1.29, 1.82) is 0 Å². The largest absolute Gasteiger partial charge is 0.508 e. The number of nitrogens with one attached hydrogen (secondary N) is 1. The maximum atomic E-state index is 11.2. The van der Waals surface area contributed by atoms with Gasteiger partial charge in [-0.1, -0.05) is 25.4 Å². The highest BCUT2D eigenvalue weighted by Gasteiger charge is 2.22. The molecular formula is C12H16ClNO3. The predicted octanol–water partition coefficient (Wildman–Crippen LogP) is 2.42. The Morgan fingerprint density at radius 1 is 1.47 bits per heavy atom. The van der Waals surface area contributed by atoms with Crippen molar-refractivity contribution in [2.75, 3.05) is 6.54 Å². The third-order valence-electron chi connectivity index (χ3n) is 2.28. The first kappa shape index (κ1) is 13.8. The highest BCUT2D eigenvalue weighted by Crippen LogP contribution is 2.27. The number of halogens is 1. The van der Waals surface area contributed by atoms with Crippen molar-refractivity contribution in [2.24, 2.45) is 5.92 Å². The maximum Gasteiger partial charge on any atom is 0.325 e. The van der Waals surface area contributed by atoms with Gasteiger partial charge in [-0.25, -0.2) is 0 Å². The van der Waals surface area contributed by atoms with Crippen LogP contribution in [0, 0.1) is 5.92 Å². The highest BCUT2D eigenvalue weighted by atomic mass is 35.5. The van der Waals surface area contributed by atoms with Crippen LogP contribution in [0.2, 0.25) is 5.02 Å². The summed E-state index contributed by atoms with van der Waals surface area (Å²) in [5.74, 6) is -0.792. The van der Waals surface area contributed by atoms with Crippen LogP contribution in [0.3, 0.4) is 0 Å². The first-order chi connectivity index (χ1) is 7.91. The molecule has 0 spiro atoms. The molecule has 0 aliphatic heterocycles. The Hall–Kier alpha value is -1.26. The molecule has 0 heterocycles. The molecular weight excluding hydrogens is 242 g/mol. The highest BCUT2D eigenvalue weighted by molar-refractivity contribution is 6.30. The third-order valence-corrected chi connectivity index (χ3v) is 2.51. The van der Waals surface area contributed by atoms with Crippen molar-refractivity contribution in [1.82, 2.24) is 5.32 Å². The molecule has 0 aliphatic carbocycles. The number of hydrogen-bond donors (Lipinski definition) is 3. The van der Waals surface area contributed by atoms with Gasteiger partial charge >= 0.3 is 5.97 Å². The maximum absolute atomic E-state index is 11.2. The molecule has 0 saturated heterocycles. The summed E-state index contributed by atoms with van der Waals surface area (Å²) in [6, 6.07) is 3.42. The van der Waals surface area contributed by atoms with E-state index in [4.69, 9.17) is 16.7 Å². The van der Waals surface area contributed by atoms with E-state index in [0.29, 0.717) is 17.5 Å². The number of carbonyl (C=O) groups is 1. The molecule has 94 valence electrons. The van der Waals surface area contributed by atoms with Gasteiger partial charge in [0.15, 0.2) is 0 Å². The van der Waals surface area contributed by atoms with E-state index in [2.05, 4.69) is 5.32 Å². The van der Waals surface area contributed by atoms with Gasteiger partial charge in [-0.15, -0.1) is 0 Å². The van der Waals surface area contributed by atoms with Crippen molar-refractivity contribution in [3.8, 4) is 5.75 Å². The van der Waals surface area contributed by atoms with Crippen LogP contribution in [0.15, 0.2) is 18.2 Å². The first-order valence-corrected chi connectivity index (χ1v) is 5.74. The number of rotatable bonds is 5. The number of carboxylic acids is 1. The Labute approximate surface area is 105 Å². The number of phenols is 1. The molecule has 1 rings (SSSR count). The topological polar surface area (TPSA) is 69.6 Å². The molecule has 1 atom stereocenters. The van der Waals surface area contributed by atoms with Crippen LogP contribution in [0.25, 0.3) is 0 Å². The van der Waals surface area contributed by atoms with Crippen molar-refractivity contribution in [3.63, 3.8) is 0 Å². The number of hydrogen-bond acceptors (Lipinski definition) is 3. The van der Waals surface area contributed by atoms with Crippen LogP contribution in [-0.4, -0.2) is 22.7 Å². The molecule has 1 aromatic carbocycles. The molecule has 1 unspecified atom stereocenters. The number of benzene rings is 1. The minimum atomic E-state index is -1.04. The molecule has 3 N–H and O–H groups in total. The second-order valence-corrected chi connectivity index (χ2v) is 4.71. The molecule has 0 bridgehead atoms. The summed E-state index contributed by atoms with van der Waals surface area (Å²) in [6.45, 7) is 4.50. The normalized spacial score (nSPS) is 12.7. The van der Waals surface area contributed by atoms with Crippen molar-refractivity contribution >= 4 is 17.6 Å². The van der Waals surface area contributed by atoms with Gasteiger partial charge in [0.25, 0.3) is 0 Å². The van der Waals surface area contributed by atoms with E-state index in [0.717, 1.165) is 0 Å².